The van der Waals surface area contributed by atoms with Crippen molar-refractivity contribution in [2.75, 3.05) is 39.9 Å². The van der Waals surface area contributed by atoms with Crippen LogP contribution in [0.15, 0.2) is 60.7 Å². The summed E-state index contributed by atoms with van der Waals surface area (Å²) >= 11 is 1.49. The Labute approximate surface area is 280 Å². The standard InChI is InChI=1S/C38H44N2O6S/c1-38(2,3)46-37(43)31-8-7-19-40(31)20-21-45-29-14-11-25(12-15-29)36-34(30-16-13-28(41)23-33(30)47-36)35(42)26-9-10-27(32(22-26)44-4)24-39-17-5-6-18-39/h9-16,22-23,31,41H,5-8,17-21,24H2,1-4H3/t31-/m0/s1. The Kier molecular flexibility index (Phi) is 9.87. The van der Waals surface area contributed by atoms with E-state index in [2.05, 4.69) is 9.80 Å². The number of phenolic OH excluding ortho intramolecular Hbond substituents is 1. The molecule has 47 heavy (non-hydrogen) atoms. The number of nitrogens with zero attached hydrogens (tertiary/aromatic N) is 2. The number of esters is 1. The van der Waals surface area contributed by atoms with Gasteiger partial charge in [-0.15, -0.1) is 11.3 Å². The average Bonchev–Trinajstić information content (AvgIpc) is 3.81. The molecule has 2 fully saturated rings. The maximum absolute atomic E-state index is 14.2. The van der Waals surface area contributed by atoms with Gasteiger partial charge in [-0.1, -0.05) is 12.1 Å². The van der Waals surface area contributed by atoms with E-state index in [-0.39, 0.29) is 23.5 Å². The van der Waals surface area contributed by atoms with Crippen LogP contribution in [-0.4, -0.2) is 78.2 Å². The number of hydrogen-bond donors (Lipinski definition) is 1. The normalized spacial score (nSPS) is 17.3. The monoisotopic (exact) mass is 656 g/mol. The maximum atomic E-state index is 14.2. The zero-order valence-electron chi connectivity index (χ0n) is 27.7. The van der Waals surface area contributed by atoms with Crippen LogP contribution in [0.3, 0.4) is 0 Å². The Bertz CT molecular complexity index is 1740. The minimum Gasteiger partial charge on any atom is -0.508 e. The van der Waals surface area contributed by atoms with Crippen molar-refractivity contribution in [2.45, 2.75) is 64.6 Å². The number of thiophene rings is 1. The molecule has 6 rings (SSSR count). The molecule has 4 aromatic rings. The van der Waals surface area contributed by atoms with Gasteiger partial charge in [0.25, 0.3) is 0 Å². The molecule has 3 aromatic carbocycles. The molecule has 9 heteroatoms. The lowest BCUT2D eigenvalue weighted by Crippen LogP contribution is -2.42. The molecule has 0 spiro atoms. The van der Waals surface area contributed by atoms with E-state index in [4.69, 9.17) is 14.2 Å². The molecule has 3 heterocycles. The third kappa shape index (κ3) is 7.64. The number of ether oxygens (including phenoxy) is 3. The van der Waals surface area contributed by atoms with Gasteiger partial charge in [0, 0.05) is 44.7 Å². The number of likely N-dealkylation sites (tertiary alicyclic amines) is 2. The highest BCUT2D eigenvalue weighted by Crippen LogP contribution is 2.42. The Balaban J connectivity index is 1.19. The van der Waals surface area contributed by atoms with Gasteiger partial charge in [0.2, 0.25) is 0 Å². The number of benzene rings is 3. The number of rotatable bonds is 11. The summed E-state index contributed by atoms with van der Waals surface area (Å²) in [7, 11) is 1.65. The van der Waals surface area contributed by atoms with Crippen molar-refractivity contribution in [1.29, 1.82) is 0 Å². The molecule has 1 N–H and O–H groups in total. The van der Waals surface area contributed by atoms with Crippen LogP contribution in [0.2, 0.25) is 0 Å². The van der Waals surface area contributed by atoms with Crippen LogP contribution in [0.4, 0.5) is 0 Å². The second-order valence-corrected chi connectivity index (χ2v) is 14.5. The molecule has 1 atom stereocenters. The van der Waals surface area contributed by atoms with Gasteiger partial charge >= 0.3 is 5.97 Å². The molecule has 2 aliphatic rings. The summed E-state index contributed by atoms with van der Waals surface area (Å²) in [6.07, 6.45) is 4.18. The van der Waals surface area contributed by atoms with Gasteiger partial charge in [-0.05, 0) is 120 Å². The van der Waals surface area contributed by atoms with Crippen LogP contribution in [0.1, 0.15) is 67.9 Å². The number of hydrogen-bond acceptors (Lipinski definition) is 9. The molecule has 2 aliphatic heterocycles. The first-order valence-electron chi connectivity index (χ1n) is 16.5. The van der Waals surface area contributed by atoms with Crippen LogP contribution in [0.5, 0.6) is 17.2 Å². The van der Waals surface area contributed by atoms with E-state index in [9.17, 15) is 14.7 Å². The van der Waals surface area contributed by atoms with Gasteiger partial charge in [0.15, 0.2) is 5.78 Å². The van der Waals surface area contributed by atoms with Gasteiger partial charge in [0.1, 0.15) is 35.5 Å². The molecule has 2 saturated heterocycles. The van der Waals surface area contributed by atoms with E-state index >= 15 is 0 Å². The van der Waals surface area contributed by atoms with Crippen molar-refractivity contribution in [3.05, 3.63) is 77.4 Å². The molecule has 1 aromatic heterocycles. The smallest absolute Gasteiger partial charge is 0.323 e. The summed E-state index contributed by atoms with van der Waals surface area (Å²) in [6.45, 7) is 10.6. The van der Waals surface area contributed by atoms with Gasteiger partial charge in [0.05, 0.1) is 7.11 Å². The SMILES string of the molecule is COc1cc(C(=O)c2c(-c3ccc(OCCN4CCC[C@H]4C(=O)OC(C)(C)C)cc3)sc3cc(O)ccc23)ccc1CN1CCCC1. The summed E-state index contributed by atoms with van der Waals surface area (Å²) in [5, 5.41) is 11.0. The van der Waals surface area contributed by atoms with Crippen LogP contribution in [-0.2, 0) is 16.1 Å². The highest BCUT2D eigenvalue weighted by atomic mass is 32.1. The van der Waals surface area contributed by atoms with Crippen LogP contribution in [0, 0.1) is 0 Å². The number of fused-ring (bicyclic) bond motifs is 1. The van der Waals surface area contributed by atoms with Crippen LogP contribution < -0.4 is 9.47 Å². The van der Waals surface area contributed by atoms with Gasteiger partial charge < -0.3 is 19.3 Å². The molecule has 248 valence electrons. The van der Waals surface area contributed by atoms with Crippen molar-refractivity contribution < 1.29 is 28.9 Å². The van der Waals surface area contributed by atoms with E-state index in [0.29, 0.717) is 35.8 Å². The van der Waals surface area contributed by atoms with Gasteiger partial charge in [-0.25, -0.2) is 0 Å². The van der Waals surface area contributed by atoms with Crippen LogP contribution in [0.25, 0.3) is 20.5 Å². The summed E-state index contributed by atoms with van der Waals surface area (Å²) in [4.78, 5) is 32.3. The number of carbonyl (C=O) groups excluding carboxylic acids is 2. The van der Waals surface area contributed by atoms with E-state index in [1.54, 1.807) is 19.2 Å². The number of carbonyl (C=O) groups is 2. The maximum Gasteiger partial charge on any atom is 0.323 e. The molecule has 0 radical (unpaired) electrons. The van der Waals surface area contributed by atoms with Crippen LogP contribution >= 0.6 is 11.3 Å². The van der Waals surface area contributed by atoms with Crippen molar-refractivity contribution in [3.8, 4) is 27.7 Å². The van der Waals surface area contributed by atoms with Crippen molar-refractivity contribution in [3.63, 3.8) is 0 Å². The predicted molar refractivity (Wildman–Crippen MR) is 186 cm³/mol. The zero-order chi connectivity index (χ0) is 33.1. The first kappa shape index (κ1) is 33.0. The lowest BCUT2D eigenvalue weighted by atomic mass is 9.96. The molecule has 0 unspecified atom stereocenters. The van der Waals surface area contributed by atoms with Gasteiger partial charge in [-0.2, -0.15) is 0 Å². The lowest BCUT2D eigenvalue weighted by molar-refractivity contribution is -0.160. The highest BCUT2D eigenvalue weighted by molar-refractivity contribution is 7.22. The number of methoxy groups -OCH3 is 1. The quantitative estimate of drug-likeness (QED) is 0.133. The van der Waals surface area contributed by atoms with Crippen molar-refractivity contribution in [1.82, 2.24) is 9.80 Å². The lowest BCUT2D eigenvalue weighted by Gasteiger charge is -2.27. The molecule has 8 nitrogen and oxygen atoms in total. The molecular weight excluding hydrogens is 612 g/mol. The fourth-order valence-corrected chi connectivity index (χ4v) is 7.81. The summed E-state index contributed by atoms with van der Waals surface area (Å²) in [5.74, 6) is 1.33. The average molecular weight is 657 g/mol. The molecule has 0 bridgehead atoms. The Morgan fingerprint density at radius 1 is 0.957 bits per heavy atom. The fourth-order valence-electron chi connectivity index (χ4n) is 6.57. The highest BCUT2D eigenvalue weighted by Gasteiger charge is 2.34. The molecular formula is C38H44N2O6S. The summed E-state index contributed by atoms with van der Waals surface area (Å²) < 4.78 is 18.3. The summed E-state index contributed by atoms with van der Waals surface area (Å²) in [5.41, 5.74) is 2.63. The minimum atomic E-state index is -0.507. The Hall–Kier alpha value is -3.92. The van der Waals surface area contributed by atoms with Gasteiger partial charge in [-0.3, -0.25) is 19.4 Å². The Morgan fingerprint density at radius 3 is 2.45 bits per heavy atom. The van der Waals surface area contributed by atoms with E-state index in [1.807, 2.05) is 69.3 Å². The molecule has 0 aliphatic carbocycles. The fraction of sp³-hybridized carbons (Fsp3) is 0.421. The second-order valence-electron chi connectivity index (χ2n) is 13.4. The van der Waals surface area contributed by atoms with E-state index in [1.165, 1.54) is 24.2 Å². The zero-order valence-corrected chi connectivity index (χ0v) is 28.5. The van der Waals surface area contributed by atoms with E-state index in [0.717, 1.165) is 65.1 Å². The predicted octanol–water partition coefficient (Wildman–Crippen LogP) is 7.29. The van der Waals surface area contributed by atoms with Crippen molar-refractivity contribution in [2.24, 2.45) is 0 Å². The number of aromatic hydroxyl groups is 1. The van der Waals surface area contributed by atoms with E-state index < -0.39 is 5.60 Å². The molecule has 0 amide bonds. The number of ketones is 1. The number of phenols is 1. The Morgan fingerprint density at radius 2 is 1.72 bits per heavy atom. The van der Waals surface area contributed by atoms with Crippen molar-refractivity contribution >= 4 is 33.2 Å². The third-order valence-electron chi connectivity index (χ3n) is 8.85. The first-order chi connectivity index (χ1) is 22.6. The second kappa shape index (κ2) is 14.1. The topological polar surface area (TPSA) is 88.5 Å². The summed E-state index contributed by atoms with van der Waals surface area (Å²) in [6, 6.07) is 18.4. The largest absolute Gasteiger partial charge is 0.508 e. The first-order valence-corrected chi connectivity index (χ1v) is 17.3. The minimum absolute atomic E-state index is 0.0894. The third-order valence-corrected chi connectivity index (χ3v) is 10.1. The molecule has 0 saturated carbocycles.